The molecule has 1 N–H and O–H groups in total. The van der Waals surface area contributed by atoms with Crippen LogP contribution in [-0.4, -0.2) is 35.2 Å². The van der Waals surface area contributed by atoms with Crippen molar-refractivity contribution in [1.82, 2.24) is 4.90 Å². The van der Waals surface area contributed by atoms with Crippen LogP contribution in [0.15, 0.2) is 0 Å². The van der Waals surface area contributed by atoms with Crippen molar-refractivity contribution in [2.45, 2.75) is 64.0 Å². The fourth-order valence-corrected chi connectivity index (χ4v) is 2.30. The molecule has 1 saturated carbocycles. The molecule has 0 bridgehead atoms. The van der Waals surface area contributed by atoms with Crippen LogP contribution < -0.4 is 0 Å². The Morgan fingerprint density at radius 3 is 2.36 bits per heavy atom. The van der Waals surface area contributed by atoms with Gasteiger partial charge in [-0.3, -0.25) is 0 Å². The van der Waals surface area contributed by atoms with E-state index in [0.717, 1.165) is 13.0 Å². The summed E-state index contributed by atoms with van der Waals surface area (Å²) >= 11 is 0. The summed E-state index contributed by atoms with van der Waals surface area (Å²) in [6.07, 6.45) is 7.59. The molecule has 0 spiro atoms. The van der Waals surface area contributed by atoms with Crippen molar-refractivity contribution in [3.05, 3.63) is 0 Å². The Morgan fingerprint density at radius 2 is 1.86 bits per heavy atom. The van der Waals surface area contributed by atoms with Gasteiger partial charge in [0.05, 0.1) is 5.60 Å². The lowest BCUT2D eigenvalue weighted by molar-refractivity contribution is 0.00728. The molecule has 2 nitrogen and oxygen atoms in total. The highest BCUT2D eigenvalue weighted by Crippen LogP contribution is 2.23. The molecular formula is C12H25NO. The molecule has 0 aliphatic heterocycles. The summed E-state index contributed by atoms with van der Waals surface area (Å²) in [4.78, 5) is 2.35. The molecule has 1 unspecified atom stereocenters. The molecule has 0 heterocycles. The van der Waals surface area contributed by atoms with Gasteiger partial charge in [-0.2, -0.15) is 0 Å². The normalized spacial score (nSPS) is 23.8. The molecule has 1 aliphatic rings. The Kier molecular flexibility index (Phi) is 4.39. The number of likely N-dealkylation sites (N-methyl/N-ethyl adjacent to an activating group) is 1. The number of hydrogen-bond donors (Lipinski definition) is 1. The molecule has 1 fully saturated rings. The highest BCUT2D eigenvalue weighted by Gasteiger charge is 2.25. The van der Waals surface area contributed by atoms with E-state index in [4.69, 9.17) is 0 Å². The minimum Gasteiger partial charge on any atom is -0.389 e. The van der Waals surface area contributed by atoms with E-state index in [9.17, 15) is 5.11 Å². The lowest BCUT2D eigenvalue weighted by atomic mass is 9.93. The SMILES string of the molecule is CCC(C)(O)CN(C)C1CCCCC1. The first-order valence-corrected chi connectivity index (χ1v) is 5.98. The van der Waals surface area contributed by atoms with E-state index in [1.807, 2.05) is 6.92 Å². The van der Waals surface area contributed by atoms with Crippen LogP contribution in [0.25, 0.3) is 0 Å². The van der Waals surface area contributed by atoms with Gasteiger partial charge in [0.15, 0.2) is 0 Å². The molecule has 2 heteroatoms. The molecule has 0 saturated heterocycles. The zero-order chi connectivity index (χ0) is 10.6. The average molecular weight is 199 g/mol. The number of rotatable bonds is 4. The molecule has 1 atom stereocenters. The zero-order valence-electron chi connectivity index (χ0n) is 9.92. The lowest BCUT2D eigenvalue weighted by Gasteiger charge is -2.35. The van der Waals surface area contributed by atoms with Gasteiger partial charge in [0, 0.05) is 12.6 Å². The first-order valence-electron chi connectivity index (χ1n) is 5.98. The molecule has 0 amide bonds. The molecule has 1 aliphatic carbocycles. The number of hydrogen-bond acceptors (Lipinski definition) is 2. The van der Waals surface area contributed by atoms with E-state index in [1.54, 1.807) is 0 Å². The summed E-state index contributed by atoms with van der Waals surface area (Å²) in [7, 11) is 2.15. The van der Waals surface area contributed by atoms with Gasteiger partial charge in [0.25, 0.3) is 0 Å². The Balaban J connectivity index is 2.36. The topological polar surface area (TPSA) is 23.5 Å². The van der Waals surface area contributed by atoms with Gasteiger partial charge in [0.2, 0.25) is 0 Å². The molecular weight excluding hydrogens is 174 g/mol. The van der Waals surface area contributed by atoms with E-state index in [-0.39, 0.29) is 0 Å². The maximum atomic E-state index is 9.98. The second-order valence-electron chi connectivity index (χ2n) is 5.06. The van der Waals surface area contributed by atoms with Gasteiger partial charge >= 0.3 is 0 Å². The van der Waals surface area contributed by atoms with Crippen LogP contribution in [-0.2, 0) is 0 Å². The molecule has 1 rings (SSSR count). The van der Waals surface area contributed by atoms with E-state index in [1.165, 1.54) is 32.1 Å². The summed E-state index contributed by atoms with van der Waals surface area (Å²) in [6, 6.07) is 0.710. The minimum absolute atomic E-state index is 0.508. The van der Waals surface area contributed by atoms with Gasteiger partial charge in [-0.1, -0.05) is 26.2 Å². The second-order valence-corrected chi connectivity index (χ2v) is 5.06. The van der Waals surface area contributed by atoms with Crippen LogP contribution in [0, 0.1) is 0 Å². The predicted molar refractivity (Wildman–Crippen MR) is 60.4 cm³/mol. The quantitative estimate of drug-likeness (QED) is 0.751. The van der Waals surface area contributed by atoms with Crippen molar-refractivity contribution >= 4 is 0 Å². The van der Waals surface area contributed by atoms with Gasteiger partial charge in [-0.05, 0) is 33.2 Å². The van der Waals surface area contributed by atoms with Gasteiger partial charge < -0.3 is 10.0 Å². The Hall–Kier alpha value is -0.0800. The van der Waals surface area contributed by atoms with E-state index in [2.05, 4.69) is 18.9 Å². The fraction of sp³-hybridized carbons (Fsp3) is 1.00. The molecule has 0 aromatic carbocycles. The molecule has 84 valence electrons. The summed E-state index contributed by atoms with van der Waals surface area (Å²) in [5, 5.41) is 9.98. The van der Waals surface area contributed by atoms with Crippen molar-refractivity contribution in [2.24, 2.45) is 0 Å². The molecule has 0 aromatic heterocycles. The van der Waals surface area contributed by atoms with Gasteiger partial charge in [-0.15, -0.1) is 0 Å². The van der Waals surface area contributed by atoms with Crippen LogP contribution in [0.2, 0.25) is 0 Å². The van der Waals surface area contributed by atoms with E-state index >= 15 is 0 Å². The van der Waals surface area contributed by atoms with Crippen LogP contribution in [0.3, 0.4) is 0 Å². The van der Waals surface area contributed by atoms with Crippen LogP contribution >= 0.6 is 0 Å². The third-order valence-corrected chi connectivity index (χ3v) is 3.55. The van der Waals surface area contributed by atoms with Gasteiger partial charge in [-0.25, -0.2) is 0 Å². The zero-order valence-corrected chi connectivity index (χ0v) is 9.92. The van der Waals surface area contributed by atoms with Crippen LogP contribution in [0.5, 0.6) is 0 Å². The maximum Gasteiger partial charge on any atom is 0.0743 e. The standard InChI is InChI=1S/C12H25NO/c1-4-12(2,14)10-13(3)11-8-6-5-7-9-11/h11,14H,4-10H2,1-3H3. The summed E-state index contributed by atoms with van der Waals surface area (Å²) in [6.45, 7) is 4.80. The van der Waals surface area contributed by atoms with Crippen molar-refractivity contribution in [1.29, 1.82) is 0 Å². The molecule has 14 heavy (non-hydrogen) atoms. The highest BCUT2D eigenvalue weighted by molar-refractivity contribution is 4.80. The molecule has 0 radical (unpaired) electrons. The average Bonchev–Trinajstić information content (AvgIpc) is 2.19. The highest BCUT2D eigenvalue weighted by atomic mass is 16.3. The first kappa shape index (κ1) is 12.0. The van der Waals surface area contributed by atoms with Gasteiger partial charge in [0.1, 0.15) is 0 Å². The van der Waals surface area contributed by atoms with Crippen LogP contribution in [0.1, 0.15) is 52.4 Å². The third-order valence-electron chi connectivity index (χ3n) is 3.55. The maximum absolute atomic E-state index is 9.98. The monoisotopic (exact) mass is 199 g/mol. The number of aliphatic hydroxyl groups is 1. The third kappa shape index (κ3) is 3.58. The molecule has 0 aromatic rings. The Bertz CT molecular complexity index is 162. The van der Waals surface area contributed by atoms with Crippen molar-refractivity contribution in [3.63, 3.8) is 0 Å². The van der Waals surface area contributed by atoms with Crippen molar-refractivity contribution in [2.75, 3.05) is 13.6 Å². The minimum atomic E-state index is -0.508. The van der Waals surface area contributed by atoms with Crippen molar-refractivity contribution < 1.29 is 5.11 Å². The number of nitrogens with zero attached hydrogens (tertiary/aromatic N) is 1. The summed E-state index contributed by atoms with van der Waals surface area (Å²) < 4.78 is 0. The van der Waals surface area contributed by atoms with Crippen molar-refractivity contribution in [3.8, 4) is 0 Å². The largest absolute Gasteiger partial charge is 0.389 e. The van der Waals surface area contributed by atoms with Crippen LogP contribution in [0.4, 0.5) is 0 Å². The fourth-order valence-electron chi connectivity index (χ4n) is 2.30. The summed E-state index contributed by atoms with van der Waals surface area (Å²) in [5.74, 6) is 0. The Labute approximate surface area is 88.3 Å². The first-order chi connectivity index (χ1) is 6.55. The predicted octanol–water partition coefficient (Wildman–Crippen LogP) is 2.41. The second kappa shape index (κ2) is 5.13. The smallest absolute Gasteiger partial charge is 0.0743 e. The summed E-state index contributed by atoms with van der Waals surface area (Å²) in [5.41, 5.74) is -0.508. The van der Waals surface area contributed by atoms with E-state index in [0.29, 0.717) is 6.04 Å². The lowest BCUT2D eigenvalue weighted by Crippen LogP contribution is -2.44. The Morgan fingerprint density at radius 1 is 1.29 bits per heavy atom. The van der Waals surface area contributed by atoms with E-state index < -0.39 is 5.60 Å².